The predicted octanol–water partition coefficient (Wildman–Crippen LogP) is 2.46. The van der Waals surface area contributed by atoms with Gasteiger partial charge in [-0.3, -0.25) is 9.69 Å². The van der Waals surface area contributed by atoms with Crippen molar-refractivity contribution in [1.82, 2.24) is 10.2 Å². The summed E-state index contributed by atoms with van der Waals surface area (Å²) in [4.78, 5) is 14.8. The third-order valence-electron chi connectivity index (χ3n) is 5.00. The smallest absolute Gasteiger partial charge is 0.224 e. The summed E-state index contributed by atoms with van der Waals surface area (Å²) in [5, 5.41) is 12.9. The SMILES string of the molecule is O=C(Cc1ccccc1O)NC1CCCN(C2CCCC2)C1. The number of piperidine rings is 1. The lowest BCUT2D eigenvalue weighted by molar-refractivity contribution is -0.121. The summed E-state index contributed by atoms with van der Waals surface area (Å²) >= 11 is 0. The van der Waals surface area contributed by atoms with Crippen molar-refractivity contribution in [2.45, 2.75) is 57.0 Å². The molecule has 0 spiro atoms. The molecule has 22 heavy (non-hydrogen) atoms. The molecule has 1 aromatic rings. The molecule has 1 atom stereocenters. The highest BCUT2D eigenvalue weighted by Gasteiger charge is 2.28. The Bertz CT molecular complexity index is 512. The number of para-hydroxylation sites is 1. The number of carbonyl (C=O) groups excluding carboxylic acids is 1. The number of benzene rings is 1. The van der Waals surface area contributed by atoms with Crippen molar-refractivity contribution in [1.29, 1.82) is 0 Å². The topological polar surface area (TPSA) is 52.6 Å². The maximum atomic E-state index is 12.2. The first-order chi connectivity index (χ1) is 10.7. The van der Waals surface area contributed by atoms with E-state index >= 15 is 0 Å². The number of carbonyl (C=O) groups is 1. The molecule has 1 saturated heterocycles. The van der Waals surface area contributed by atoms with E-state index in [1.807, 2.05) is 6.07 Å². The summed E-state index contributed by atoms with van der Waals surface area (Å²) < 4.78 is 0. The Kier molecular flexibility index (Phi) is 4.98. The number of aromatic hydroxyl groups is 1. The first-order valence-corrected chi connectivity index (χ1v) is 8.52. The fraction of sp³-hybridized carbons (Fsp3) is 0.611. The lowest BCUT2D eigenvalue weighted by atomic mass is 10.0. The van der Waals surface area contributed by atoms with Crippen LogP contribution in [0.1, 0.15) is 44.1 Å². The highest BCUT2D eigenvalue weighted by atomic mass is 16.3. The standard InChI is InChI=1S/C18H26N2O2/c21-17-10-4-1-6-14(17)12-18(22)19-15-7-5-11-20(13-15)16-8-2-3-9-16/h1,4,6,10,15-16,21H,2-3,5,7-9,11-13H2,(H,19,22). The lowest BCUT2D eigenvalue weighted by Crippen LogP contribution is -2.50. The first-order valence-electron chi connectivity index (χ1n) is 8.52. The summed E-state index contributed by atoms with van der Waals surface area (Å²) in [6.45, 7) is 2.16. The van der Waals surface area contributed by atoms with Crippen LogP contribution in [-0.4, -0.2) is 41.1 Å². The Morgan fingerprint density at radius 1 is 1.18 bits per heavy atom. The summed E-state index contributed by atoms with van der Waals surface area (Å²) in [6, 6.07) is 8.05. The van der Waals surface area contributed by atoms with Crippen LogP contribution in [0.2, 0.25) is 0 Å². The fourth-order valence-corrected chi connectivity index (χ4v) is 3.84. The average molecular weight is 302 g/mol. The molecule has 0 aromatic heterocycles. The third kappa shape index (κ3) is 3.80. The van der Waals surface area contributed by atoms with Crippen LogP contribution in [0.3, 0.4) is 0 Å². The molecule has 4 nitrogen and oxygen atoms in total. The van der Waals surface area contributed by atoms with E-state index < -0.39 is 0 Å². The number of likely N-dealkylation sites (tertiary alicyclic amines) is 1. The average Bonchev–Trinajstić information content (AvgIpc) is 3.04. The second-order valence-corrected chi connectivity index (χ2v) is 6.65. The molecule has 1 aromatic carbocycles. The maximum Gasteiger partial charge on any atom is 0.224 e. The molecule has 4 heteroatoms. The van der Waals surface area contributed by atoms with E-state index in [1.165, 1.54) is 32.2 Å². The van der Waals surface area contributed by atoms with Gasteiger partial charge >= 0.3 is 0 Å². The molecule has 2 fully saturated rings. The molecule has 3 rings (SSSR count). The Morgan fingerprint density at radius 3 is 2.73 bits per heavy atom. The van der Waals surface area contributed by atoms with Gasteiger partial charge in [-0.2, -0.15) is 0 Å². The monoisotopic (exact) mass is 302 g/mol. The molecule has 2 N–H and O–H groups in total. The van der Waals surface area contributed by atoms with Crippen LogP contribution in [0.5, 0.6) is 5.75 Å². The third-order valence-corrected chi connectivity index (χ3v) is 5.00. The second-order valence-electron chi connectivity index (χ2n) is 6.65. The van der Waals surface area contributed by atoms with E-state index in [9.17, 15) is 9.90 Å². The number of rotatable bonds is 4. The molecular weight excluding hydrogens is 276 g/mol. The number of hydrogen-bond donors (Lipinski definition) is 2. The van der Waals surface area contributed by atoms with Crippen molar-refractivity contribution in [2.24, 2.45) is 0 Å². The van der Waals surface area contributed by atoms with Crippen LogP contribution in [0.4, 0.5) is 0 Å². The van der Waals surface area contributed by atoms with Gasteiger partial charge in [-0.25, -0.2) is 0 Å². The van der Waals surface area contributed by atoms with Crippen LogP contribution in [0.15, 0.2) is 24.3 Å². The van der Waals surface area contributed by atoms with Crippen molar-refractivity contribution in [3.8, 4) is 5.75 Å². The van der Waals surface area contributed by atoms with Gasteiger partial charge < -0.3 is 10.4 Å². The van der Waals surface area contributed by atoms with Crippen LogP contribution >= 0.6 is 0 Å². The highest BCUT2D eigenvalue weighted by Crippen LogP contribution is 2.26. The Labute approximate surface area is 132 Å². The van der Waals surface area contributed by atoms with E-state index in [1.54, 1.807) is 18.2 Å². The molecular formula is C18H26N2O2. The van der Waals surface area contributed by atoms with Crippen LogP contribution in [0.25, 0.3) is 0 Å². The number of phenols is 1. The van der Waals surface area contributed by atoms with E-state index in [-0.39, 0.29) is 24.1 Å². The van der Waals surface area contributed by atoms with Gasteiger partial charge in [-0.05, 0) is 38.3 Å². The molecule has 2 aliphatic rings. The zero-order chi connectivity index (χ0) is 15.4. The molecule has 1 unspecified atom stereocenters. The molecule has 1 aliphatic carbocycles. The number of nitrogens with zero attached hydrogens (tertiary/aromatic N) is 1. The number of amides is 1. The molecule has 1 saturated carbocycles. The van der Waals surface area contributed by atoms with Gasteiger partial charge in [0.05, 0.1) is 6.42 Å². The minimum atomic E-state index is 0.0137. The maximum absolute atomic E-state index is 12.2. The van der Waals surface area contributed by atoms with Crippen molar-refractivity contribution >= 4 is 5.91 Å². The minimum Gasteiger partial charge on any atom is -0.508 e. The largest absolute Gasteiger partial charge is 0.508 e. The molecule has 1 aliphatic heterocycles. The second kappa shape index (κ2) is 7.14. The van der Waals surface area contributed by atoms with E-state index in [0.717, 1.165) is 25.4 Å². The van der Waals surface area contributed by atoms with Gasteiger partial charge in [0.25, 0.3) is 0 Å². The Balaban J connectivity index is 1.51. The van der Waals surface area contributed by atoms with Gasteiger partial charge in [-0.1, -0.05) is 31.0 Å². The summed E-state index contributed by atoms with van der Waals surface area (Å²) in [6.07, 6.45) is 7.83. The summed E-state index contributed by atoms with van der Waals surface area (Å²) in [5.74, 6) is 0.216. The van der Waals surface area contributed by atoms with E-state index in [4.69, 9.17) is 0 Å². The number of hydrogen-bond acceptors (Lipinski definition) is 3. The number of phenolic OH excluding ortho intramolecular Hbond substituents is 1. The van der Waals surface area contributed by atoms with Crippen LogP contribution in [-0.2, 0) is 11.2 Å². The van der Waals surface area contributed by atoms with Crippen LogP contribution in [0, 0.1) is 0 Å². The lowest BCUT2D eigenvalue weighted by Gasteiger charge is -2.37. The first kappa shape index (κ1) is 15.3. The molecule has 1 amide bonds. The van der Waals surface area contributed by atoms with E-state index in [0.29, 0.717) is 5.56 Å². The molecule has 0 bridgehead atoms. The van der Waals surface area contributed by atoms with Gasteiger partial charge in [0.2, 0.25) is 5.91 Å². The van der Waals surface area contributed by atoms with Gasteiger partial charge in [0, 0.05) is 24.2 Å². The summed E-state index contributed by atoms with van der Waals surface area (Å²) in [5.41, 5.74) is 0.698. The predicted molar refractivity (Wildman–Crippen MR) is 86.8 cm³/mol. The molecule has 0 radical (unpaired) electrons. The van der Waals surface area contributed by atoms with Gasteiger partial charge in [0.1, 0.15) is 5.75 Å². The zero-order valence-corrected chi connectivity index (χ0v) is 13.1. The summed E-state index contributed by atoms with van der Waals surface area (Å²) in [7, 11) is 0. The van der Waals surface area contributed by atoms with Crippen molar-refractivity contribution < 1.29 is 9.90 Å². The van der Waals surface area contributed by atoms with Crippen LogP contribution < -0.4 is 5.32 Å². The Morgan fingerprint density at radius 2 is 1.95 bits per heavy atom. The Hall–Kier alpha value is -1.55. The minimum absolute atomic E-state index is 0.0137. The van der Waals surface area contributed by atoms with Crippen molar-refractivity contribution in [2.75, 3.05) is 13.1 Å². The number of nitrogens with one attached hydrogen (secondary N) is 1. The molecule has 1 heterocycles. The normalized spacial score (nSPS) is 23.5. The zero-order valence-electron chi connectivity index (χ0n) is 13.1. The quantitative estimate of drug-likeness (QED) is 0.898. The van der Waals surface area contributed by atoms with Gasteiger partial charge in [-0.15, -0.1) is 0 Å². The van der Waals surface area contributed by atoms with Crippen molar-refractivity contribution in [3.63, 3.8) is 0 Å². The highest BCUT2D eigenvalue weighted by molar-refractivity contribution is 5.79. The van der Waals surface area contributed by atoms with Crippen molar-refractivity contribution in [3.05, 3.63) is 29.8 Å². The fourth-order valence-electron chi connectivity index (χ4n) is 3.84. The van der Waals surface area contributed by atoms with Gasteiger partial charge in [0.15, 0.2) is 0 Å². The molecule has 120 valence electrons. The van der Waals surface area contributed by atoms with E-state index in [2.05, 4.69) is 10.2 Å².